The number of rotatable bonds is 5. The molecule has 110 valence electrons. The molecule has 0 unspecified atom stereocenters. The van der Waals surface area contributed by atoms with Crippen LogP contribution in [0.1, 0.15) is 21.5 Å². The number of carbonyl (C=O) groups excluding carboxylic acids is 1. The van der Waals surface area contributed by atoms with Crippen molar-refractivity contribution in [2.24, 2.45) is 0 Å². The Morgan fingerprint density at radius 3 is 2.71 bits per heavy atom. The Bertz CT molecular complexity index is 638. The molecule has 0 saturated heterocycles. The van der Waals surface area contributed by atoms with Crippen LogP contribution in [-0.4, -0.2) is 19.1 Å². The molecule has 3 N–H and O–H groups in total. The molecule has 21 heavy (non-hydrogen) atoms. The Kier molecular flexibility index (Phi) is 4.82. The summed E-state index contributed by atoms with van der Waals surface area (Å²) in [5.74, 6) is 0.702. The van der Waals surface area contributed by atoms with Gasteiger partial charge in [-0.25, -0.2) is 0 Å². The first-order chi connectivity index (χ1) is 10.1. The predicted molar refractivity (Wildman–Crippen MR) is 84.6 cm³/mol. The fourth-order valence-electron chi connectivity index (χ4n) is 2.08. The predicted octanol–water partition coefficient (Wildman–Crippen LogP) is 2.69. The number of benzene rings is 2. The Morgan fingerprint density at radius 1 is 1.19 bits per heavy atom. The van der Waals surface area contributed by atoms with Gasteiger partial charge in [0.25, 0.3) is 5.91 Å². The quantitative estimate of drug-likeness (QED) is 0.655. The maximum absolute atomic E-state index is 12.0. The second-order valence-electron chi connectivity index (χ2n) is 5.00. The standard InChI is InChI=1S/C17H20N2O2/c1-12-4-3-5-15(10-12)21-9-8-19-17(20)16-7-6-14(18)11-13(16)2/h3-7,10-11H,8-9,18H2,1-2H3,(H,19,20). The summed E-state index contributed by atoms with van der Waals surface area (Å²) >= 11 is 0. The van der Waals surface area contributed by atoms with Crippen molar-refractivity contribution in [3.63, 3.8) is 0 Å². The molecule has 2 aromatic carbocycles. The first-order valence-corrected chi connectivity index (χ1v) is 6.90. The molecule has 0 heterocycles. The molecule has 0 bridgehead atoms. The first-order valence-electron chi connectivity index (χ1n) is 6.90. The molecule has 2 aromatic rings. The molecule has 2 rings (SSSR count). The van der Waals surface area contributed by atoms with Crippen molar-refractivity contribution >= 4 is 11.6 Å². The number of anilines is 1. The third-order valence-electron chi connectivity index (χ3n) is 3.14. The largest absolute Gasteiger partial charge is 0.492 e. The van der Waals surface area contributed by atoms with Gasteiger partial charge in [0, 0.05) is 11.3 Å². The number of amides is 1. The summed E-state index contributed by atoms with van der Waals surface area (Å²) in [7, 11) is 0. The normalized spacial score (nSPS) is 10.2. The van der Waals surface area contributed by atoms with Crippen LogP contribution < -0.4 is 15.8 Å². The van der Waals surface area contributed by atoms with Crippen LogP contribution in [0.2, 0.25) is 0 Å². The number of hydrogen-bond donors (Lipinski definition) is 2. The van der Waals surface area contributed by atoms with Crippen LogP contribution in [0, 0.1) is 13.8 Å². The van der Waals surface area contributed by atoms with Crippen molar-refractivity contribution in [2.45, 2.75) is 13.8 Å². The number of nitrogens with two attached hydrogens (primary N) is 1. The number of hydrogen-bond acceptors (Lipinski definition) is 3. The van der Waals surface area contributed by atoms with Gasteiger partial charge in [0.2, 0.25) is 0 Å². The lowest BCUT2D eigenvalue weighted by atomic mass is 10.1. The molecule has 0 aliphatic carbocycles. The molecule has 4 heteroatoms. The van der Waals surface area contributed by atoms with Crippen molar-refractivity contribution in [3.8, 4) is 5.75 Å². The number of aryl methyl sites for hydroxylation is 2. The van der Waals surface area contributed by atoms with Crippen LogP contribution in [0.5, 0.6) is 5.75 Å². The topological polar surface area (TPSA) is 64.3 Å². The highest BCUT2D eigenvalue weighted by Gasteiger charge is 2.08. The molecule has 1 amide bonds. The van der Waals surface area contributed by atoms with E-state index in [1.807, 2.05) is 38.1 Å². The lowest BCUT2D eigenvalue weighted by Gasteiger charge is -2.10. The molecule has 0 aliphatic rings. The number of carbonyl (C=O) groups is 1. The molecule has 0 fully saturated rings. The van der Waals surface area contributed by atoms with Gasteiger partial charge in [0.05, 0.1) is 6.54 Å². The van der Waals surface area contributed by atoms with Crippen molar-refractivity contribution < 1.29 is 9.53 Å². The Morgan fingerprint density at radius 2 is 2.00 bits per heavy atom. The van der Waals surface area contributed by atoms with E-state index in [-0.39, 0.29) is 5.91 Å². The van der Waals surface area contributed by atoms with E-state index >= 15 is 0 Å². The minimum Gasteiger partial charge on any atom is -0.492 e. The zero-order chi connectivity index (χ0) is 15.2. The van der Waals surface area contributed by atoms with Crippen molar-refractivity contribution in [1.29, 1.82) is 0 Å². The second kappa shape index (κ2) is 6.79. The molecule has 0 saturated carbocycles. The number of ether oxygens (including phenoxy) is 1. The summed E-state index contributed by atoms with van der Waals surface area (Å²) < 4.78 is 5.59. The van der Waals surface area contributed by atoms with E-state index < -0.39 is 0 Å². The lowest BCUT2D eigenvalue weighted by Crippen LogP contribution is -2.28. The fraction of sp³-hybridized carbons (Fsp3) is 0.235. The van der Waals surface area contributed by atoms with Crippen molar-refractivity contribution in [1.82, 2.24) is 5.32 Å². The Hall–Kier alpha value is -2.49. The highest BCUT2D eigenvalue weighted by molar-refractivity contribution is 5.95. The van der Waals surface area contributed by atoms with Crippen LogP contribution in [0.15, 0.2) is 42.5 Å². The van der Waals surface area contributed by atoms with Gasteiger partial charge in [-0.05, 0) is 55.3 Å². The third kappa shape index (κ3) is 4.24. The molecule has 4 nitrogen and oxygen atoms in total. The van der Waals surface area contributed by atoms with Crippen LogP contribution >= 0.6 is 0 Å². The van der Waals surface area contributed by atoms with Gasteiger partial charge in [-0.3, -0.25) is 4.79 Å². The van der Waals surface area contributed by atoms with E-state index in [0.29, 0.717) is 24.4 Å². The summed E-state index contributed by atoms with van der Waals surface area (Å²) in [6, 6.07) is 13.1. The second-order valence-corrected chi connectivity index (χ2v) is 5.00. The number of nitrogens with one attached hydrogen (secondary N) is 1. The minimum absolute atomic E-state index is 0.111. The van der Waals surface area contributed by atoms with Gasteiger partial charge in [0.15, 0.2) is 0 Å². The zero-order valence-corrected chi connectivity index (χ0v) is 12.3. The van der Waals surface area contributed by atoms with Crippen LogP contribution in [0.3, 0.4) is 0 Å². The maximum Gasteiger partial charge on any atom is 0.251 e. The summed E-state index contributed by atoms with van der Waals surface area (Å²) in [6.45, 7) is 4.77. The minimum atomic E-state index is -0.111. The smallest absolute Gasteiger partial charge is 0.251 e. The monoisotopic (exact) mass is 284 g/mol. The number of nitrogen functional groups attached to an aromatic ring is 1. The summed E-state index contributed by atoms with van der Waals surface area (Å²) in [6.07, 6.45) is 0. The lowest BCUT2D eigenvalue weighted by molar-refractivity contribution is 0.0946. The van der Waals surface area contributed by atoms with E-state index in [9.17, 15) is 4.79 Å². The molecule has 0 atom stereocenters. The SMILES string of the molecule is Cc1cccc(OCCNC(=O)c2ccc(N)cc2C)c1. The van der Waals surface area contributed by atoms with Crippen LogP contribution in [0.4, 0.5) is 5.69 Å². The highest BCUT2D eigenvalue weighted by atomic mass is 16.5. The van der Waals surface area contributed by atoms with E-state index in [1.165, 1.54) is 0 Å². The van der Waals surface area contributed by atoms with Crippen LogP contribution in [-0.2, 0) is 0 Å². The molecule has 0 aromatic heterocycles. The van der Waals surface area contributed by atoms with Gasteiger partial charge in [0.1, 0.15) is 12.4 Å². The average molecular weight is 284 g/mol. The van der Waals surface area contributed by atoms with E-state index in [2.05, 4.69) is 5.32 Å². The van der Waals surface area contributed by atoms with E-state index in [1.54, 1.807) is 18.2 Å². The molecular weight excluding hydrogens is 264 g/mol. The average Bonchev–Trinajstić information content (AvgIpc) is 2.43. The van der Waals surface area contributed by atoms with Gasteiger partial charge in [-0.2, -0.15) is 0 Å². The molecule has 0 aliphatic heterocycles. The molecule has 0 radical (unpaired) electrons. The molecular formula is C17H20N2O2. The van der Waals surface area contributed by atoms with Crippen LogP contribution in [0.25, 0.3) is 0 Å². The van der Waals surface area contributed by atoms with Crippen molar-refractivity contribution in [3.05, 3.63) is 59.2 Å². The third-order valence-corrected chi connectivity index (χ3v) is 3.14. The van der Waals surface area contributed by atoms with Gasteiger partial charge in [-0.15, -0.1) is 0 Å². The summed E-state index contributed by atoms with van der Waals surface area (Å²) in [4.78, 5) is 12.0. The highest BCUT2D eigenvalue weighted by Crippen LogP contribution is 2.13. The van der Waals surface area contributed by atoms with E-state index in [0.717, 1.165) is 16.9 Å². The van der Waals surface area contributed by atoms with Crippen molar-refractivity contribution in [2.75, 3.05) is 18.9 Å². The zero-order valence-electron chi connectivity index (χ0n) is 12.3. The Labute approximate surface area is 124 Å². The summed E-state index contributed by atoms with van der Waals surface area (Å²) in [5.41, 5.74) is 8.99. The first kappa shape index (κ1) is 14.9. The van der Waals surface area contributed by atoms with Gasteiger partial charge in [-0.1, -0.05) is 12.1 Å². The van der Waals surface area contributed by atoms with E-state index in [4.69, 9.17) is 10.5 Å². The molecule has 0 spiro atoms. The maximum atomic E-state index is 12.0. The summed E-state index contributed by atoms with van der Waals surface area (Å²) in [5, 5.41) is 2.84. The van der Waals surface area contributed by atoms with Gasteiger partial charge >= 0.3 is 0 Å². The fourth-order valence-corrected chi connectivity index (χ4v) is 2.08. The van der Waals surface area contributed by atoms with Gasteiger partial charge < -0.3 is 15.8 Å². The Balaban J connectivity index is 1.82.